The molecule has 1 aliphatic rings. The number of imide groups is 1. The van der Waals surface area contributed by atoms with Gasteiger partial charge in [0.25, 0.3) is 5.91 Å². The zero-order valence-electron chi connectivity index (χ0n) is 16.6. The first-order chi connectivity index (χ1) is 13.9. The van der Waals surface area contributed by atoms with Crippen LogP contribution in [0.25, 0.3) is 0 Å². The molecule has 9 heteroatoms. The van der Waals surface area contributed by atoms with Crippen LogP contribution in [-0.4, -0.2) is 42.5 Å². The molecule has 1 aromatic carbocycles. The summed E-state index contributed by atoms with van der Waals surface area (Å²) in [5, 5.41) is 8.35. The van der Waals surface area contributed by atoms with Crippen molar-refractivity contribution in [3.8, 4) is 5.75 Å². The monoisotopic (exact) mass is 416 g/mol. The highest BCUT2D eigenvalue weighted by atomic mass is 32.1. The molecule has 0 bridgehead atoms. The molecule has 0 unspecified atom stereocenters. The number of nitrogens with one attached hydrogen (secondary N) is 2. The smallest absolute Gasteiger partial charge is 0.329 e. The number of nitrogens with zero attached hydrogens (tertiary/aromatic N) is 2. The van der Waals surface area contributed by atoms with E-state index >= 15 is 0 Å². The first kappa shape index (κ1) is 20.8. The molecule has 1 atom stereocenters. The largest absolute Gasteiger partial charge is 0.497 e. The van der Waals surface area contributed by atoms with Crippen molar-refractivity contribution in [3.05, 3.63) is 40.3 Å². The minimum absolute atomic E-state index is 0.105. The van der Waals surface area contributed by atoms with Crippen molar-refractivity contribution < 1.29 is 19.1 Å². The van der Waals surface area contributed by atoms with Crippen LogP contribution in [0.15, 0.2) is 29.6 Å². The van der Waals surface area contributed by atoms with Gasteiger partial charge in [0.05, 0.1) is 29.9 Å². The van der Waals surface area contributed by atoms with Gasteiger partial charge in [0, 0.05) is 18.3 Å². The third kappa shape index (κ3) is 4.92. The number of amides is 4. The summed E-state index contributed by atoms with van der Waals surface area (Å²) >= 11 is 1.57. The number of rotatable bonds is 8. The van der Waals surface area contributed by atoms with Crippen LogP contribution in [0.2, 0.25) is 0 Å². The Hall–Kier alpha value is -2.94. The lowest BCUT2D eigenvalue weighted by atomic mass is 10.2. The third-order valence-electron chi connectivity index (χ3n) is 4.56. The molecule has 1 aliphatic heterocycles. The zero-order valence-corrected chi connectivity index (χ0v) is 17.4. The number of hydrogen-bond acceptors (Lipinski definition) is 6. The number of methoxy groups -OCH3 is 1. The number of hydrogen-bond donors (Lipinski definition) is 2. The molecule has 8 nitrogen and oxygen atoms in total. The molecule has 154 valence electrons. The number of benzene rings is 1. The fourth-order valence-corrected chi connectivity index (χ4v) is 3.88. The summed E-state index contributed by atoms with van der Waals surface area (Å²) in [6.45, 7) is 4.60. The van der Waals surface area contributed by atoms with Crippen molar-refractivity contribution in [2.45, 2.75) is 38.6 Å². The second-order valence-electron chi connectivity index (χ2n) is 7.00. The van der Waals surface area contributed by atoms with Gasteiger partial charge in [0.15, 0.2) is 0 Å². The zero-order chi connectivity index (χ0) is 21.0. The number of thiazole rings is 1. The van der Waals surface area contributed by atoms with Crippen molar-refractivity contribution in [3.63, 3.8) is 0 Å². The Bertz CT molecular complexity index is 894. The maximum Gasteiger partial charge on any atom is 0.329 e. The molecule has 2 aromatic rings. The molecule has 1 aromatic heterocycles. The Kier molecular flexibility index (Phi) is 6.48. The molecule has 29 heavy (non-hydrogen) atoms. The number of carbonyl (C=O) groups excluding carboxylic acids is 3. The van der Waals surface area contributed by atoms with Gasteiger partial charge in [-0.3, -0.25) is 9.59 Å². The van der Waals surface area contributed by atoms with Gasteiger partial charge in [-0.1, -0.05) is 13.8 Å². The van der Waals surface area contributed by atoms with Gasteiger partial charge in [-0.25, -0.2) is 14.7 Å². The summed E-state index contributed by atoms with van der Waals surface area (Å²) in [4.78, 5) is 42.6. The van der Waals surface area contributed by atoms with Crippen LogP contribution in [0.5, 0.6) is 5.75 Å². The molecule has 0 aliphatic carbocycles. The van der Waals surface area contributed by atoms with Crippen LogP contribution in [0.3, 0.4) is 0 Å². The van der Waals surface area contributed by atoms with E-state index in [1.54, 1.807) is 35.6 Å². The maximum absolute atomic E-state index is 12.6. The summed E-state index contributed by atoms with van der Waals surface area (Å²) < 4.78 is 5.08. The summed E-state index contributed by atoms with van der Waals surface area (Å²) in [6.07, 6.45) is 0.526. The molecule has 1 fully saturated rings. The van der Waals surface area contributed by atoms with E-state index in [0.717, 1.165) is 15.6 Å². The van der Waals surface area contributed by atoms with Crippen molar-refractivity contribution in [2.24, 2.45) is 0 Å². The van der Waals surface area contributed by atoms with Gasteiger partial charge in [-0.2, -0.15) is 0 Å². The number of aromatic nitrogens is 1. The maximum atomic E-state index is 12.6. The summed E-state index contributed by atoms with van der Waals surface area (Å²) in [5.74, 6) is 0.260. The minimum Gasteiger partial charge on any atom is -0.497 e. The Morgan fingerprint density at radius 1 is 1.31 bits per heavy atom. The second kappa shape index (κ2) is 9.04. The standard InChI is InChI=1S/C20H24N4O4S/c1-12(2)16-11-29-18(22-16)8-9-21-17(25)10-15-19(26)24(20(27)23-15)13-4-6-14(28-3)7-5-13/h4-7,11-12,15H,8-10H2,1-3H3,(H,21,25)(H,23,27)/t15-/m0/s1. The number of ether oxygens (including phenoxy) is 1. The molecule has 0 spiro atoms. The van der Waals surface area contributed by atoms with Crippen molar-refractivity contribution in [1.82, 2.24) is 15.6 Å². The van der Waals surface area contributed by atoms with E-state index in [1.165, 1.54) is 7.11 Å². The van der Waals surface area contributed by atoms with Crippen LogP contribution in [-0.2, 0) is 16.0 Å². The quantitative estimate of drug-likeness (QED) is 0.644. The highest BCUT2D eigenvalue weighted by Gasteiger charge is 2.40. The van der Waals surface area contributed by atoms with E-state index in [4.69, 9.17) is 4.74 Å². The lowest BCUT2D eigenvalue weighted by Crippen LogP contribution is -2.37. The molecule has 3 rings (SSSR count). The van der Waals surface area contributed by atoms with Gasteiger partial charge in [-0.15, -0.1) is 11.3 Å². The molecular formula is C20H24N4O4S. The Balaban J connectivity index is 1.51. The SMILES string of the molecule is COc1ccc(N2C(=O)N[C@@H](CC(=O)NCCc3nc(C(C)C)cs3)C2=O)cc1. The Labute approximate surface area is 173 Å². The molecule has 4 amide bonds. The minimum atomic E-state index is -0.878. The predicted octanol–water partition coefficient (Wildman–Crippen LogP) is 2.45. The molecule has 0 saturated carbocycles. The van der Waals surface area contributed by atoms with Crippen LogP contribution in [0.4, 0.5) is 10.5 Å². The summed E-state index contributed by atoms with van der Waals surface area (Å²) in [5.41, 5.74) is 1.48. The molecule has 2 N–H and O–H groups in total. The van der Waals surface area contributed by atoms with Gasteiger partial charge in [-0.05, 0) is 30.2 Å². The number of urea groups is 1. The van der Waals surface area contributed by atoms with Gasteiger partial charge in [0.1, 0.15) is 11.8 Å². The number of anilines is 1. The third-order valence-corrected chi connectivity index (χ3v) is 5.49. The van der Waals surface area contributed by atoms with Crippen LogP contribution in [0, 0.1) is 0 Å². The lowest BCUT2D eigenvalue weighted by Gasteiger charge is -2.13. The molecule has 0 radical (unpaired) electrons. The van der Waals surface area contributed by atoms with E-state index < -0.39 is 18.0 Å². The van der Waals surface area contributed by atoms with Crippen molar-refractivity contribution in [2.75, 3.05) is 18.6 Å². The van der Waals surface area contributed by atoms with Gasteiger partial charge in [0.2, 0.25) is 5.91 Å². The highest BCUT2D eigenvalue weighted by Crippen LogP contribution is 2.23. The fraction of sp³-hybridized carbons (Fsp3) is 0.400. The van der Waals surface area contributed by atoms with E-state index in [9.17, 15) is 14.4 Å². The average Bonchev–Trinajstić information content (AvgIpc) is 3.27. The predicted molar refractivity (Wildman–Crippen MR) is 110 cm³/mol. The van der Waals surface area contributed by atoms with E-state index in [-0.39, 0.29) is 12.3 Å². The van der Waals surface area contributed by atoms with Crippen LogP contribution >= 0.6 is 11.3 Å². The topological polar surface area (TPSA) is 101 Å². The van der Waals surface area contributed by atoms with Crippen LogP contribution in [0.1, 0.15) is 36.9 Å². The van der Waals surface area contributed by atoms with E-state index in [1.807, 2.05) is 5.38 Å². The highest BCUT2D eigenvalue weighted by molar-refractivity contribution is 7.09. The molecular weight excluding hydrogens is 392 g/mol. The second-order valence-corrected chi connectivity index (χ2v) is 7.94. The Morgan fingerprint density at radius 2 is 2.03 bits per heavy atom. The first-order valence-electron chi connectivity index (χ1n) is 9.38. The molecule has 2 heterocycles. The Morgan fingerprint density at radius 3 is 2.66 bits per heavy atom. The van der Waals surface area contributed by atoms with E-state index in [2.05, 4.69) is 29.5 Å². The normalized spacial score (nSPS) is 16.3. The van der Waals surface area contributed by atoms with Crippen LogP contribution < -0.4 is 20.3 Å². The van der Waals surface area contributed by atoms with Crippen molar-refractivity contribution in [1.29, 1.82) is 0 Å². The van der Waals surface area contributed by atoms with Gasteiger partial charge < -0.3 is 15.4 Å². The van der Waals surface area contributed by atoms with E-state index in [0.29, 0.717) is 30.3 Å². The molecule has 1 saturated heterocycles. The first-order valence-corrected chi connectivity index (χ1v) is 10.3. The lowest BCUT2D eigenvalue weighted by molar-refractivity contribution is -0.125. The fourth-order valence-electron chi connectivity index (χ4n) is 2.92. The van der Waals surface area contributed by atoms with Gasteiger partial charge >= 0.3 is 6.03 Å². The van der Waals surface area contributed by atoms with Crippen molar-refractivity contribution >= 4 is 34.9 Å². The number of carbonyl (C=O) groups is 3. The summed E-state index contributed by atoms with van der Waals surface area (Å²) in [6, 6.07) is 5.16. The summed E-state index contributed by atoms with van der Waals surface area (Å²) in [7, 11) is 1.54. The average molecular weight is 417 g/mol.